The Morgan fingerprint density at radius 3 is 0.607 bits per heavy atom. The summed E-state index contributed by atoms with van der Waals surface area (Å²) in [5, 5.41) is 33.8. The second-order valence-electron chi connectivity index (χ2n) is 19.4. The molecule has 12 rings (SSSR count). The van der Waals surface area contributed by atoms with Crippen molar-refractivity contribution in [3.05, 3.63) is 70.8 Å². The average molecular weight is 761 g/mol. The van der Waals surface area contributed by atoms with Crippen LogP contribution in [0.4, 0.5) is 0 Å². The Labute approximate surface area is 333 Å². The molecule has 8 N–H and O–H groups in total. The summed E-state index contributed by atoms with van der Waals surface area (Å²) in [6.45, 7) is 0. The quantitative estimate of drug-likeness (QED) is 0.157. The number of rotatable bonds is 0. The lowest BCUT2D eigenvalue weighted by Gasteiger charge is -2.35. The van der Waals surface area contributed by atoms with Crippen molar-refractivity contribution in [2.45, 2.75) is 152 Å². The Bertz CT molecular complexity index is 1470. The molecule has 5 aliphatic heterocycles. The van der Waals surface area contributed by atoms with Gasteiger partial charge in [-0.05, 0) is 98.7 Å². The fourth-order valence-corrected chi connectivity index (χ4v) is 14.0. The molecular weight excluding hydrogens is 697 g/mol. The van der Waals surface area contributed by atoms with Crippen molar-refractivity contribution in [3.8, 4) is 0 Å². The molecule has 56 heavy (non-hydrogen) atoms. The van der Waals surface area contributed by atoms with Crippen LogP contribution in [0, 0.1) is 47.3 Å². The van der Waals surface area contributed by atoms with Gasteiger partial charge in [0.05, 0.1) is 49.3 Å². The maximum Gasteiger partial charge on any atom is 0.194 e. The summed E-state index contributed by atoms with van der Waals surface area (Å²) >= 11 is 0. The lowest BCUT2D eigenvalue weighted by atomic mass is 9.76. The van der Waals surface area contributed by atoms with Gasteiger partial charge in [0.25, 0.3) is 0 Å². The fourth-order valence-electron chi connectivity index (χ4n) is 14.0. The molecule has 8 atom stereocenters. The van der Waals surface area contributed by atoms with E-state index in [9.17, 15) is 9.59 Å². The van der Waals surface area contributed by atoms with Gasteiger partial charge in [-0.1, -0.05) is 99.9 Å². The molecule has 0 spiro atoms. The van der Waals surface area contributed by atoms with Gasteiger partial charge < -0.3 is 0 Å². The lowest BCUT2D eigenvalue weighted by molar-refractivity contribution is 0.0979. The van der Waals surface area contributed by atoms with E-state index >= 15 is 0 Å². The zero-order chi connectivity index (χ0) is 37.3. The molecule has 8 unspecified atom stereocenters. The van der Waals surface area contributed by atoms with Crippen LogP contribution in [0.5, 0.6) is 0 Å². The maximum absolute atomic E-state index is 12.1. The molecule has 10 aliphatic rings. The van der Waals surface area contributed by atoms with E-state index in [0.29, 0.717) is 71.6 Å². The third kappa shape index (κ3) is 6.37. The maximum atomic E-state index is 12.1. The van der Waals surface area contributed by atoms with E-state index in [2.05, 4.69) is 42.5 Å². The molecule has 0 aromatic heterocycles. The molecular formula is C46H64N8O2. The van der Waals surface area contributed by atoms with Crippen LogP contribution in [-0.2, 0) is 0 Å². The van der Waals surface area contributed by atoms with E-state index in [1.54, 1.807) is 48.5 Å². The first-order chi connectivity index (χ1) is 27.6. The van der Waals surface area contributed by atoms with Crippen molar-refractivity contribution in [2.75, 3.05) is 0 Å². The Balaban J connectivity index is 0.000000190. The summed E-state index contributed by atoms with van der Waals surface area (Å²) in [6, 6.07) is 13.9. The van der Waals surface area contributed by atoms with E-state index in [-0.39, 0.29) is 11.6 Å². The highest BCUT2D eigenvalue weighted by molar-refractivity contribution is 6.28. The van der Waals surface area contributed by atoms with Crippen LogP contribution < -0.4 is 42.5 Å². The number of carbonyl (C=O) groups is 2. The molecule has 2 aromatic rings. The number of fused-ring (bicyclic) bond motifs is 22. The van der Waals surface area contributed by atoms with Gasteiger partial charge in [-0.2, -0.15) is 0 Å². The normalized spacial score (nSPS) is 44.9. The van der Waals surface area contributed by atoms with Crippen molar-refractivity contribution in [1.29, 1.82) is 0 Å². The van der Waals surface area contributed by atoms with Crippen molar-refractivity contribution in [1.82, 2.24) is 42.5 Å². The third-order valence-corrected chi connectivity index (χ3v) is 16.6. The predicted molar refractivity (Wildman–Crippen MR) is 217 cm³/mol. The first-order valence-corrected chi connectivity index (χ1v) is 22.9. The topological polar surface area (TPSA) is 130 Å². The summed E-state index contributed by atoms with van der Waals surface area (Å²) in [7, 11) is 0. The van der Waals surface area contributed by atoms with Crippen LogP contribution in [-0.4, -0.2) is 60.9 Å². The van der Waals surface area contributed by atoms with Gasteiger partial charge in [-0.15, -0.1) is 0 Å². The number of hydrogen-bond donors (Lipinski definition) is 8. The van der Waals surface area contributed by atoms with Crippen LogP contribution >= 0.6 is 0 Å². The number of carbonyl (C=O) groups excluding carboxylic acids is 2. The molecule has 9 fully saturated rings. The van der Waals surface area contributed by atoms with Crippen molar-refractivity contribution in [2.24, 2.45) is 47.3 Å². The highest BCUT2D eigenvalue weighted by Crippen LogP contribution is 2.45. The fraction of sp³-hybridized carbons (Fsp3) is 0.696. The van der Waals surface area contributed by atoms with Gasteiger partial charge in [0.1, 0.15) is 0 Å². The molecule has 300 valence electrons. The largest absolute Gasteiger partial charge is 0.289 e. The van der Waals surface area contributed by atoms with E-state index in [1.807, 2.05) is 0 Å². The Hall–Kier alpha value is -2.54. The van der Waals surface area contributed by atoms with Crippen LogP contribution in [0.1, 0.15) is 135 Å². The highest BCUT2D eigenvalue weighted by Gasteiger charge is 2.54. The Morgan fingerprint density at radius 2 is 0.446 bits per heavy atom. The summed E-state index contributed by atoms with van der Waals surface area (Å²) in [6.07, 6.45) is 25.6. The summed E-state index contributed by atoms with van der Waals surface area (Å²) in [4.78, 5) is 24.2. The van der Waals surface area contributed by atoms with Gasteiger partial charge in [0.15, 0.2) is 11.6 Å². The summed E-state index contributed by atoms with van der Waals surface area (Å²) in [5.41, 5.74) is 2.02. The third-order valence-electron chi connectivity index (χ3n) is 16.6. The summed E-state index contributed by atoms with van der Waals surface area (Å²) in [5.74, 6) is 5.84. The highest BCUT2D eigenvalue weighted by atomic mass is 16.1. The number of ketones is 2. The van der Waals surface area contributed by atoms with Gasteiger partial charge in [0.2, 0.25) is 0 Å². The molecule has 5 aliphatic carbocycles. The molecule has 5 saturated heterocycles. The van der Waals surface area contributed by atoms with E-state index in [1.165, 1.54) is 103 Å². The first-order valence-electron chi connectivity index (χ1n) is 22.9. The lowest BCUT2D eigenvalue weighted by Crippen LogP contribution is -2.61. The average Bonchev–Trinajstić information content (AvgIpc) is 3.99. The second-order valence-corrected chi connectivity index (χ2v) is 19.4. The van der Waals surface area contributed by atoms with Crippen LogP contribution in [0.2, 0.25) is 0 Å². The molecule has 5 heterocycles. The zero-order valence-electron chi connectivity index (χ0n) is 33.0. The minimum atomic E-state index is -0.0641. The monoisotopic (exact) mass is 761 g/mol. The number of nitrogens with one attached hydrogen (secondary N) is 8. The summed E-state index contributed by atoms with van der Waals surface area (Å²) < 4.78 is 0. The SMILES string of the molecule is C1CCC2C3NC(NC4NC(NC5NC(NC6NC(N3)C3CCCCC63)C3CCCCC53)C3CCCCC43)C2C1.O=C1c2ccccc2C(=O)c2ccccc21. The predicted octanol–water partition coefficient (Wildman–Crippen LogP) is 5.07. The smallest absolute Gasteiger partial charge is 0.194 e. The Kier molecular flexibility index (Phi) is 9.95. The van der Waals surface area contributed by atoms with Gasteiger partial charge in [0, 0.05) is 22.3 Å². The number of hydrogen-bond acceptors (Lipinski definition) is 10. The van der Waals surface area contributed by atoms with Gasteiger partial charge >= 0.3 is 0 Å². The van der Waals surface area contributed by atoms with Crippen LogP contribution in [0.15, 0.2) is 48.5 Å². The Morgan fingerprint density at radius 1 is 0.286 bits per heavy atom. The van der Waals surface area contributed by atoms with Crippen molar-refractivity contribution >= 4 is 11.6 Å². The van der Waals surface area contributed by atoms with Crippen LogP contribution in [0.25, 0.3) is 0 Å². The van der Waals surface area contributed by atoms with Gasteiger partial charge in [-0.3, -0.25) is 52.1 Å². The van der Waals surface area contributed by atoms with E-state index in [4.69, 9.17) is 0 Å². The molecule has 4 saturated carbocycles. The molecule has 0 radical (unpaired) electrons. The molecule has 2 aromatic carbocycles. The van der Waals surface area contributed by atoms with Crippen molar-refractivity contribution < 1.29 is 9.59 Å². The minimum absolute atomic E-state index is 0.0641. The first kappa shape index (κ1) is 36.5. The molecule has 10 heteroatoms. The molecule has 10 nitrogen and oxygen atoms in total. The van der Waals surface area contributed by atoms with E-state index < -0.39 is 0 Å². The molecule has 0 amide bonds. The van der Waals surface area contributed by atoms with Crippen LogP contribution in [0.3, 0.4) is 0 Å². The standard InChI is InChI=1S/C32H56N8.C14H8O2/c1-2-10-18-17(9-1)25-33-26(18)38-28-21-13-5-6-14-22(21)30(35-28)40-32-24-16-8-7-15-23(24)31(36-32)39-29-20-12-4-3-11-19(20)27(34-29)37-25;15-13-9-5-1-2-6-10(9)14(16)12-8-4-3-7-11(12)13/h17-40H,1-16H2;1-8H. The zero-order valence-corrected chi connectivity index (χ0v) is 33.0. The second kappa shape index (κ2) is 15.2. The van der Waals surface area contributed by atoms with E-state index in [0.717, 1.165) is 47.3 Å². The van der Waals surface area contributed by atoms with Crippen molar-refractivity contribution in [3.63, 3.8) is 0 Å². The molecule has 8 bridgehead atoms. The minimum Gasteiger partial charge on any atom is -0.289 e. The van der Waals surface area contributed by atoms with Gasteiger partial charge in [-0.25, -0.2) is 0 Å². The number of benzene rings is 2.